The van der Waals surface area contributed by atoms with E-state index >= 15 is 0 Å². The predicted octanol–water partition coefficient (Wildman–Crippen LogP) is 0.641. The third kappa shape index (κ3) is 6.18. The van der Waals surface area contributed by atoms with Gasteiger partial charge in [0.15, 0.2) is 5.96 Å². The summed E-state index contributed by atoms with van der Waals surface area (Å²) in [5.41, 5.74) is 1.00. The van der Waals surface area contributed by atoms with E-state index in [0.717, 1.165) is 57.5 Å². The molecular formula is C20H37N7O. The summed E-state index contributed by atoms with van der Waals surface area (Å²) >= 11 is 0. The lowest BCUT2D eigenvalue weighted by atomic mass is 10.1. The summed E-state index contributed by atoms with van der Waals surface area (Å²) in [4.78, 5) is 14.4. The SMILES string of the molecule is CCN1CCN(CC(C)CNC(=NC)N2CCN(Cc3ccon3)CC2)CC1. The summed E-state index contributed by atoms with van der Waals surface area (Å²) < 4.78 is 4.93. The average Bonchev–Trinajstić information content (AvgIpc) is 3.23. The molecule has 0 aliphatic carbocycles. The van der Waals surface area contributed by atoms with Gasteiger partial charge in [0.1, 0.15) is 6.26 Å². The molecule has 1 unspecified atom stereocenters. The van der Waals surface area contributed by atoms with E-state index in [1.807, 2.05) is 13.1 Å². The van der Waals surface area contributed by atoms with E-state index in [-0.39, 0.29) is 0 Å². The van der Waals surface area contributed by atoms with Gasteiger partial charge in [0.25, 0.3) is 0 Å². The second-order valence-electron chi connectivity index (χ2n) is 8.02. The van der Waals surface area contributed by atoms with Crippen molar-refractivity contribution in [2.45, 2.75) is 20.4 Å². The normalized spacial score (nSPS) is 21.8. The van der Waals surface area contributed by atoms with Crippen molar-refractivity contribution in [1.82, 2.24) is 30.1 Å². The number of rotatable bonds is 7. The molecule has 2 fully saturated rings. The number of likely N-dealkylation sites (N-methyl/N-ethyl adjacent to an activating group) is 1. The first kappa shape index (κ1) is 21.1. The van der Waals surface area contributed by atoms with E-state index in [1.165, 1.54) is 32.7 Å². The Bertz CT molecular complexity index is 575. The molecule has 2 aliphatic rings. The number of aliphatic imine (C=N–C) groups is 1. The Kier molecular flexibility index (Phi) is 8.12. The summed E-state index contributed by atoms with van der Waals surface area (Å²) in [6.45, 7) is 17.6. The highest BCUT2D eigenvalue weighted by Crippen LogP contribution is 2.08. The number of hydrogen-bond donors (Lipinski definition) is 1. The molecule has 8 nitrogen and oxygen atoms in total. The molecule has 0 spiro atoms. The highest BCUT2D eigenvalue weighted by Gasteiger charge is 2.21. The number of piperazine rings is 2. The van der Waals surface area contributed by atoms with Gasteiger partial charge in [-0.1, -0.05) is 19.0 Å². The van der Waals surface area contributed by atoms with Crippen molar-refractivity contribution in [2.75, 3.05) is 79.0 Å². The first-order valence-electron chi connectivity index (χ1n) is 10.7. The van der Waals surface area contributed by atoms with Crippen LogP contribution in [0.25, 0.3) is 0 Å². The van der Waals surface area contributed by atoms with Gasteiger partial charge in [-0.3, -0.25) is 9.89 Å². The fraction of sp³-hybridized carbons (Fsp3) is 0.800. The van der Waals surface area contributed by atoms with Gasteiger partial charge < -0.3 is 24.5 Å². The Labute approximate surface area is 169 Å². The van der Waals surface area contributed by atoms with E-state index in [9.17, 15) is 0 Å². The first-order valence-corrected chi connectivity index (χ1v) is 10.7. The lowest BCUT2D eigenvalue weighted by Gasteiger charge is -2.37. The molecule has 2 aliphatic heterocycles. The van der Waals surface area contributed by atoms with Crippen LogP contribution in [0.4, 0.5) is 0 Å². The van der Waals surface area contributed by atoms with Crippen LogP contribution in [0.5, 0.6) is 0 Å². The predicted molar refractivity (Wildman–Crippen MR) is 112 cm³/mol. The minimum Gasteiger partial charge on any atom is -0.364 e. The van der Waals surface area contributed by atoms with Gasteiger partial charge in [0.2, 0.25) is 0 Å². The van der Waals surface area contributed by atoms with Crippen molar-refractivity contribution < 1.29 is 4.52 Å². The smallest absolute Gasteiger partial charge is 0.193 e. The van der Waals surface area contributed by atoms with Crippen LogP contribution in [0.3, 0.4) is 0 Å². The van der Waals surface area contributed by atoms with Crippen LogP contribution < -0.4 is 5.32 Å². The highest BCUT2D eigenvalue weighted by atomic mass is 16.5. The van der Waals surface area contributed by atoms with E-state index in [0.29, 0.717) is 5.92 Å². The maximum absolute atomic E-state index is 4.93. The molecule has 0 bridgehead atoms. The summed E-state index contributed by atoms with van der Waals surface area (Å²) in [5.74, 6) is 1.64. The molecule has 8 heteroatoms. The van der Waals surface area contributed by atoms with Gasteiger partial charge in [-0.2, -0.15) is 0 Å². The molecule has 158 valence electrons. The van der Waals surface area contributed by atoms with E-state index in [1.54, 1.807) is 6.26 Å². The standard InChI is InChI=1S/C20H37N7O/c1-4-24-6-8-25(9-7-24)16-18(2)15-22-20(21-3)27-12-10-26(11-13-27)17-19-5-14-28-23-19/h5,14,18H,4,6-13,15-17H2,1-3H3,(H,21,22). The number of nitrogens with zero attached hydrogens (tertiary/aromatic N) is 6. The van der Waals surface area contributed by atoms with Crippen molar-refractivity contribution in [1.29, 1.82) is 0 Å². The summed E-state index contributed by atoms with van der Waals surface area (Å²) in [5, 5.41) is 7.62. The van der Waals surface area contributed by atoms with Gasteiger partial charge >= 0.3 is 0 Å². The van der Waals surface area contributed by atoms with Crippen LogP contribution in [0, 0.1) is 5.92 Å². The quantitative estimate of drug-likeness (QED) is 0.541. The molecule has 1 aromatic rings. The van der Waals surface area contributed by atoms with Crippen LogP contribution in [0.1, 0.15) is 19.5 Å². The molecule has 0 amide bonds. The zero-order valence-corrected chi connectivity index (χ0v) is 17.8. The van der Waals surface area contributed by atoms with Crippen molar-refractivity contribution in [3.05, 3.63) is 18.0 Å². The number of hydrogen-bond acceptors (Lipinski definition) is 6. The Hall–Kier alpha value is -1.64. The van der Waals surface area contributed by atoms with Gasteiger partial charge in [-0.25, -0.2) is 0 Å². The largest absolute Gasteiger partial charge is 0.364 e. The molecule has 1 atom stereocenters. The van der Waals surface area contributed by atoms with Gasteiger partial charge in [0.05, 0.1) is 5.69 Å². The Balaban J connectivity index is 1.35. The molecule has 2 saturated heterocycles. The first-order chi connectivity index (χ1) is 13.7. The van der Waals surface area contributed by atoms with E-state index in [4.69, 9.17) is 4.52 Å². The zero-order valence-electron chi connectivity index (χ0n) is 17.8. The molecule has 0 aromatic carbocycles. The van der Waals surface area contributed by atoms with Gasteiger partial charge in [-0.05, 0) is 12.5 Å². The summed E-state index contributed by atoms with van der Waals surface area (Å²) in [6, 6.07) is 1.94. The molecule has 1 N–H and O–H groups in total. The summed E-state index contributed by atoms with van der Waals surface area (Å²) in [7, 11) is 1.89. The maximum atomic E-state index is 4.93. The summed E-state index contributed by atoms with van der Waals surface area (Å²) in [6.07, 6.45) is 1.64. The van der Waals surface area contributed by atoms with E-state index < -0.39 is 0 Å². The van der Waals surface area contributed by atoms with Crippen LogP contribution in [0.15, 0.2) is 21.8 Å². The molecule has 3 rings (SSSR count). The second-order valence-corrected chi connectivity index (χ2v) is 8.02. The molecular weight excluding hydrogens is 354 g/mol. The highest BCUT2D eigenvalue weighted by molar-refractivity contribution is 5.80. The molecule has 28 heavy (non-hydrogen) atoms. The molecule has 0 radical (unpaired) electrons. The van der Waals surface area contributed by atoms with Crippen molar-refractivity contribution in [3.8, 4) is 0 Å². The Morgan fingerprint density at radius 3 is 2.39 bits per heavy atom. The zero-order chi connectivity index (χ0) is 19.8. The number of aromatic nitrogens is 1. The monoisotopic (exact) mass is 391 g/mol. The topological polar surface area (TPSA) is 63.4 Å². The van der Waals surface area contributed by atoms with Gasteiger partial charge in [-0.15, -0.1) is 0 Å². The number of nitrogens with one attached hydrogen (secondary N) is 1. The third-order valence-corrected chi connectivity index (χ3v) is 5.85. The van der Waals surface area contributed by atoms with Crippen LogP contribution in [-0.4, -0.2) is 110 Å². The molecule has 3 heterocycles. The van der Waals surface area contributed by atoms with E-state index in [2.05, 4.69) is 48.9 Å². The Morgan fingerprint density at radius 2 is 1.79 bits per heavy atom. The van der Waals surface area contributed by atoms with Crippen molar-refractivity contribution in [3.63, 3.8) is 0 Å². The second kappa shape index (κ2) is 10.8. The van der Waals surface area contributed by atoms with Crippen molar-refractivity contribution >= 4 is 5.96 Å². The lowest BCUT2D eigenvalue weighted by molar-refractivity contribution is 0.124. The molecule has 1 aromatic heterocycles. The Morgan fingerprint density at radius 1 is 1.11 bits per heavy atom. The van der Waals surface area contributed by atoms with Crippen LogP contribution >= 0.6 is 0 Å². The van der Waals surface area contributed by atoms with Gasteiger partial charge in [0, 0.05) is 85.1 Å². The third-order valence-electron chi connectivity index (χ3n) is 5.85. The van der Waals surface area contributed by atoms with Crippen LogP contribution in [-0.2, 0) is 6.54 Å². The minimum atomic E-state index is 0.610. The lowest BCUT2D eigenvalue weighted by Crippen LogP contribution is -2.53. The number of guanidine groups is 1. The molecule has 0 saturated carbocycles. The maximum Gasteiger partial charge on any atom is 0.193 e. The van der Waals surface area contributed by atoms with Crippen LogP contribution in [0.2, 0.25) is 0 Å². The average molecular weight is 392 g/mol. The fourth-order valence-corrected chi connectivity index (χ4v) is 4.06. The fourth-order valence-electron chi connectivity index (χ4n) is 4.06. The minimum absolute atomic E-state index is 0.610. The van der Waals surface area contributed by atoms with Crippen molar-refractivity contribution in [2.24, 2.45) is 10.9 Å².